The van der Waals surface area contributed by atoms with Crippen molar-refractivity contribution in [2.45, 2.75) is 26.5 Å². The zero-order valence-electron chi connectivity index (χ0n) is 16.1. The smallest absolute Gasteiger partial charge is 0.387 e. The first-order valence-electron chi connectivity index (χ1n) is 9.34. The summed E-state index contributed by atoms with van der Waals surface area (Å²) in [4.78, 5) is 17.0. The molecule has 0 aromatic heterocycles. The third kappa shape index (κ3) is 5.19. The fourth-order valence-corrected chi connectivity index (χ4v) is 3.32. The van der Waals surface area contributed by atoms with Crippen LogP contribution in [0, 0.1) is 6.92 Å². The van der Waals surface area contributed by atoms with Crippen LogP contribution in [0.5, 0.6) is 5.75 Å². The number of amides is 1. The molecule has 3 rings (SSSR count). The van der Waals surface area contributed by atoms with Gasteiger partial charge >= 0.3 is 6.61 Å². The van der Waals surface area contributed by atoms with E-state index in [0.717, 1.165) is 26.2 Å². The Morgan fingerprint density at radius 3 is 2.36 bits per heavy atom. The molecular weight excluding hydrogens is 364 g/mol. The van der Waals surface area contributed by atoms with Gasteiger partial charge in [-0.1, -0.05) is 12.1 Å². The van der Waals surface area contributed by atoms with Crippen LogP contribution in [0.15, 0.2) is 48.5 Å². The molecule has 28 heavy (non-hydrogen) atoms. The fourth-order valence-electron chi connectivity index (χ4n) is 3.32. The van der Waals surface area contributed by atoms with Crippen LogP contribution < -0.4 is 15.0 Å². The standard InChI is InChI=1S/C21H25F2N3O2/c1-15-4-3-5-18(14-15)26-12-10-25(11-13-26)16(2)20(27)24-17-6-8-19(9-7-17)28-21(22)23/h3-9,14,16,21H,10-13H2,1-2H3,(H,24,27). The van der Waals surface area contributed by atoms with Gasteiger partial charge in [0.05, 0.1) is 6.04 Å². The molecule has 1 aliphatic heterocycles. The number of anilines is 2. The van der Waals surface area contributed by atoms with E-state index in [4.69, 9.17) is 0 Å². The number of hydrogen-bond donors (Lipinski definition) is 1. The van der Waals surface area contributed by atoms with Crippen LogP contribution in [0.25, 0.3) is 0 Å². The number of ether oxygens (including phenoxy) is 1. The Labute approximate surface area is 163 Å². The Bertz CT molecular complexity index is 790. The van der Waals surface area contributed by atoms with Crippen LogP contribution in [-0.4, -0.2) is 49.6 Å². The van der Waals surface area contributed by atoms with Crippen LogP contribution in [0.1, 0.15) is 12.5 Å². The summed E-state index contributed by atoms with van der Waals surface area (Å²) in [6.07, 6.45) is 0. The van der Waals surface area contributed by atoms with E-state index in [-0.39, 0.29) is 17.7 Å². The summed E-state index contributed by atoms with van der Waals surface area (Å²) >= 11 is 0. The van der Waals surface area contributed by atoms with Crippen molar-refractivity contribution in [3.63, 3.8) is 0 Å². The maximum atomic E-state index is 12.6. The maximum absolute atomic E-state index is 12.6. The minimum Gasteiger partial charge on any atom is -0.435 e. The van der Waals surface area contributed by atoms with E-state index in [2.05, 4.69) is 51.0 Å². The second-order valence-corrected chi connectivity index (χ2v) is 6.93. The second-order valence-electron chi connectivity index (χ2n) is 6.93. The van der Waals surface area contributed by atoms with E-state index < -0.39 is 6.61 Å². The number of halogens is 2. The summed E-state index contributed by atoms with van der Waals surface area (Å²) in [5.74, 6) is -0.0557. The molecule has 1 unspecified atom stereocenters. The molecule has 1 amide bonds. The van der Waals surface area contributed by atoms with Gasteiger partial charge in [0.15, 0.2) is 0 Å². The summed E-state index contributed by atoms with van der Waals surface area (Å²) in [5, 5.41) is 2.83. The molecule has 2 aromatic rings. The highest BCUT2D eigenvalue weighted by Gasteiger charge is 2.25. The normalized spacial score (nSPS) is 16.1. The highest BCUT2D eigenvalue weighted by molar-refractivity contribution is 5.94. The van der Waals surface area contributed by atoms with Gasteiger partial charge in [-0.3, -0.25) is 9.69 Å². The van der Waals surface area contributed by atoms with E-state index in [0.29, 0.717) is 5.69 Å². The van der Waals surface area contributed by atoms with E-state index in [1.54, 1.807) is 12.1 Å². The lowest BCUT2D eigenvalue weighted by molar-refractivity contribution is -0.120. The van der Waals surface area contributed by atoms with Gasteiger partial charge in [0.2, 0.25) is 5.91 Å². The van der Waals surface area contributed by atoms with Gasteiger partial charge in [-0.15, -0.1) is 0 Å². The van der Waals surface area contributed by atoms with Crippen LogP contribution >= 0.6 is 0 Å². The third-order valence-corrected chi connectivity index (χ3v) is 4.96. The number of nitrogens with one attached hydrogen (secondary N) is 1. The van der Waals surface area contributed by atoms with Crippen molar-refractivity contribution >= 4 is 17.3 Å². The maximum Gasteiger partial charge on any atom is 0.387 e. The fraction of sp³-hybridized carbons (Fsp3) is 0.381. The van der Waals surface area contributed by atoms with Crippen molar-refractivity contribution < 1.29 is 18.3 Å². The van der Waals surface area contributed by atoms with Crippen molar-refractivity contribution in [1.29, 1.82) is 0 Å². The van der Waals surface area contributed by atoms with Gasteiger partial charge < -0.3 is 15.0 Å². The zero-order chi connectivity index (χ0) is 20.1. The molecule has 1 aliphatic rings. The number of hydrogen-bond acceptors (Lipinski definition) is 4. The summed E-state index contributed by atoms with van der Waals surface area (Å²) < 4.78 is 28.7. The van der Waals surface area contributed by atoms with Crippen molar-refractivity contribution in [2.24, 2.45) is 0 Å². The summed E-state index contributed by atoms with van der Waals surface area (Å²) in [6.45, 7) is 4.41. The summed E-state index contributed by atoms with van der Waals surface area (Å²) in [6, 6.07) is 14.1. The van der Waals surface area contributed by atoms with Crippen molar-refractivity contribution in [2.75, 3.05) is 36.4 Å². The lowest BCUT2D eigenvalue weighted by Crippen LogP contribution is -2.52. The molecule has 1 heterocycles. The molecule has 1 atom stereocenters. The molecule has 0 spiro atoms. The highest BCUT2D eigenvalue weighted by atomic mass is 19.3. The van der Waals surface area contributed by atoms with Gasteiger partial charge in [0.1, 0.15) is 5.75 Å². The molecule has 0 bridgehead atoms. The average Bonchev–Trinajstić information content (AvgIpc) is 2.68. The monoisotopic (exact) mass is 389 g/mol. The summed E-state index contributed by atoms with van der Waals surface area (Å²) in [7, 11) is 0. The zero-order valence-corrected chi connectivity index (χ0v) is 16.1. The second kappa shape index (κ2) is 9.01. The minimum absolute atomic E-state index is 0.0633. The molecule has 5 nitrogen and oxygen atoms in total. The van der Waals surface area contributed by atoms with E-state index in [1.165, 1.54) is 23.4 Å². The number of rotatable bonds is 6. The molecule has 1 saturated heterocycles. The van der Waals surface area contributed by atoms with Gasteiger partial charge in [0.25, 0.3) is 0 Å². The predicted octanol–water partition coefficient (Wildman–Crippen LogP) is 3.75. The molecule has 2 aromatic carbocycles. The van der Waals surface area contributed by atoms with Crippen LogP contribution in [0.3, 0.4) is 0 Å². The van der Waals surface area contributed by atoms with Crippen molar-refractivity contribution in [1.82, 2.24) is 4.90 Å². The number of nitrogens with zero attached hydrogens (tertiary/aromatic N) is 2. The third-order valence-electron chi connectivity index (χ3n) is 4.96. The molecule has 1 N–H and O–H groups in total. The SMILES string of the molecule is Cc1cccc(N2CCN(C(C)C(=O)Nc3ccc(OC(F)F)cc3)CC2)c1. The Hall–Kier alpha value is -2.67. The first-order chi connectivity index (χ1) is 13.4. The number of carbonyl (C=O) groups excluding carboxylic acids is 1. The predicted molar refractivity (Wildman–Crippen MR) is 106 cm³/mol. The Balaban J connectivity index is 1.51. The number of benzene rings is 2. The lowest BCUT2D eigenvalue weighted by atomic mass is 10.1. The molecule has 1 fully saturated rings. The van der Waals surface area contributed by atoms with Crippen molar-refractivity contribution in [3.05, 3.63) is 54.1 Å². The first-order valence-corrected chi connectivity index (χ1v) is 9.34. The molecule has 0 saturated carbocycles. The molecule has 7 heteroatoms. The Kier molecular flexibility index (Phi) is 6.46. The average molecular weight is 389 g/mol. The lowest BCUT2D eigenvalue weighted by Gasteiger charge is -2.38. The number of piperazine rings is 1. The number of alkyl halides is 2. The van der Waals surface area contributed by atoms with Gasteiger partial charge in [-0.2, -0.15) is 8.78 Å². The number of aryl methyl sites for hydroxylation is 1. The topological polar surface area (TPSA) is 44.8 Å². The molecular formula is C21H25F2N3O2. The first kappa shape index (κ1) is 20.1. The van der Waals surface area contributed by atoms with Crippen LogP contribution in [0.2, 0.25) is 0 Å². The van der Waals surface area contributed by atoms with E-state index in [1.807, 2.05) is 6.92 Å². The van der Waals surface area contributed by atoms with Gasteiger partial charge in [0, 0.05) is 37.6 Å². The largest absolute Gasteiger partial charge is 0.435 e. The molecule has 150 valence electrons. The quantitative estimate of drug-likeness (QED) is 0.817. The Morgan fingerprint density at radius 2 is 1.75 bits per heavy atom. The van der Waals surface area contributed by atoms with E-state index in [9.17, 15) is 13.6 Å². The van der Waals surface area contributed by atoms with Crippen molar-refractivity contribution in [3.8, 4) is 5.75 Å². The van der Waals surface area contributed by atoms with Crippen LogP contribution in [0.4, 0.5) is 20.2 Å². The van der Waals surface area contributed by atoms with Crippen LogP contribution in [-0.2, 0) is 4.79 Å². The van der Waals surface area contributed by atoms with Gasteiger partial charge in [-0.05, 0) is 55.8 Å². The Morgan fingerprint density at radius 1 is 1.07 bits per heavy atom. The minimum atomic E-state index is -2.86. The summed E-state index contributed by atoms with van der Waals surface area (Å²) in [5.41, 5.74) is 3.00. The highest BCUT2D eigenvalue weighted by Crippen LogP contribution is 2.20. The number of carbonyl (C=O) groups is 1. The van der Waals surface area contributed by atoms with Gasteiger partial charge in [-0.25, -0.2) is 0 Å². The molecule has 0 aliphatic carbocycles. The van der Waals surface area contributed by atoms with E-state index >= 15 is 0 Å². The molecule has 0 radical (unpaired) electrons.